The number of anilines is 2. The molecule has 3 amide bonds. The SMILES string of the molecule is CCC(CC)NC(=O)C1CN(C(=O)C2=NN(c3ccc(F)cc3)C(C(N)=O)C2)c2ccccc2O1. The Bertz CT molecular complexity index is 1150. The highest BCUT2D eigenvalue weighted by atomic mass is 19.1. The van der Waals surface area contributed by atoms with Gasteiger partial charge in [0.25, 0.3) is 11.8 Å². The first-order chi connectivity index (χ1) is 16.8. The molecule has 0 fully saturated rings. The lowest BCUT2D eigenvalue weighted by Crippen LogP contribution is -2.53. The largest absolute Gasteiger partial charge is 0.477 e. The van der Waals surface area contributed by atoms with E-state index in [1.807, 2.05) is 13.8 Å². The van der Waals surface area contributed by atoms with Crippen molar-refractivity contribution < 1.29 is 23.5 Å². The molecule has 0 aliphatic carbocycles. The summed E-state index contributed by atoms with van der Waals surface area (Å²) in [6.07, 6.45) is 0.629. The highest BCUT2D eigenvalue weighted by molar-refractivity contribution is 6.45. The molecule has 0 aromatic heterocycles. The predicted molar refractivity (Wildman–Crippen MR) is 130 cm³/mol. The highest BCUT2D eigenvalue weighted by Crippen LogP contribution is 2.34. The minimum atomic E-state index is -0.906. The van der Waals surface area contributed by atoms with Crippen molar-refractivity contribution in [3.8, 4) is 5.75 Å². The molecule has 10 heteroatoms. The molecular formula is C25H28FN5O4. The van der Waals surface area contributed by atoms with Gasteiger partial charge in [0.2, 0.25) is 5.91 Å². The number of para-hydroxylation sites is 2. The number of rotatable bonds is 7. The molecule has 2 aliphatic heterocycles. The van der Waals surface area contributed by atoms with Crippen molar-refractivity contribution in [2.45, 2.75) is 51.3 Å². The summed E-state index contributed by atoms with van der Waals surface area (Å²) in [7, 11) is 0. The van der Waals surface area contributed by atoms with E-state index in [4.69, 9.17) is 10.5 Å². The summed E-state index contributed by atoms with van der Waals surface area (Å²) in [6.45, 7) is 3.96. The average molecular weight is 482 g/mol. The van der Waals surface area contributed by atoms with Gasteiger partial charge in [0, 0.05) is 12.5 Å². The predicted octanol–water partition coefficient (Wildman–Crippen LogP) is 2.34. The number of hydrogen-bond donors (Lipinski definition) is 2. The zero-order valence-electron chi connectivity index (χ0n) is 19.6. The Morgan fingerprint density at radius 3 is 2.49 bits per heavy atom. The number of amides is 3. The second-order valence-electron chi connectivity index (χ2n) is 8.50. The zero-order valence-corrected chi connectivity index (χ0v) is 19.6. The van der Waals surface area contributed by atoms with Crippen molar-refractivity contribution in [2.75, 3.05) is 16.5 Å². The molecule has 2 aliphatic rings. The molecule has 35 heavy (non-hydrogen) atoms. The molecule has 184 valence electrons. The van der Waals surface area contributed by atoms with Crippen molar-refractivity contribution in [3.63, 3.8) is 0 Å². The molecule has 0 bridgehead atoms. The summed E-state index contributed by atoms with van der Waals surface area (Å²) in [6, 6.07) is 11.5. The average Bonchev–Trinajstić information content (AvgIpc) is 3.32. The zero-order chi connectivity index (χ0) is 25.1. The number of nitrogens with two attached hydrogens (primary N) is 1. The maximum absolute atomic E-state index is 13.6. The molecule has 4 rings (SSSR count). The summed E-state index contributed by atoms with van der Waals surface area (Å²) in [5, 5.41) is 8.68. The number of hydrogen-bond acceptors (Lipinski definition) is 6. The van der Waals surface area contributed by atoms with Crippen LogP contribution in [0.4, 0.5) is 15.8 Å². The lowest BCUT2D eigenvalue weighted by atomic mass is 10.1. The van der Waals surface area contributed by atoms with Crippen LogP contribution in [0.5, 0.6) is 5.75 Å². The Balaban J connectivity index is 1.62. The number of benzene rings is 2. The summed E-state index contributed by atoms with van der Waals surface area (Å²) < 4.78 is 19.3. The molecule has 9 nitrogen and oxygen atoms in total. The Kier molecular flexibility index (Phi) is 6.99. The fourth-order valence-corrected chi connectivity index (χ4v) is 4.20. The van der Waals surface area contributed by atoms with Gasteiger partial charge in [-0.05, 0) is 49.2 Å². The minimum Gasteiger partial charge on any atom is -0.477 e. The van der Waals surface area contributed by atoms with E-state index >= 15 is 0 Å². The van der Waals surface area contributed by atoms with E-state index in [2.05, 4.69) is 10.4 Å². The first-order valence-corrected chi connectivity index (χ1v) is 11.6. The summed E-state index contributed by atoms with van der Waals surface area (Å²) in [4.78, 5) is 40.1. The number of nitrogens with zero attached hydrogens (tertiary/aromatic N) is 3. The number of hydrazone groups is 1. The Morgan fingerprint density at radius 2 is 1.83 bits per heavy atom. The van der Waals surface area contributed by atoms with Gasteiger partial charge >= 0.3 is 0 Å². The lowest BCUT2D eigenvalue weighted by molar-refractivity contribution is -0.129. The third-order valence-electron chi connectivity index (χ3n) is 6.22. The van der Waals surface area contributed by atoms with Gasteiger partial charge in [0.15, 0.2) is 6.10 Å². The van der Waals surface area contributed by atoms with Gasteiger partial charge in [-0.15, -0.1) is 0 Å². The standard InChI is InChI=1S/C25H28FN5O4/c1-3-16(4-2)28-24(33)22-14-30(19-7-5-6-8-21(19)35-22)25(34)18-13-20(23(27)32)31(29-18)17-11-9-15(26)10-12-17/h5-12,16,20,22H,3-4,13-14H2,1-2H3,(H2,27,32)(H,28,33). The lowest BCUT2D eigenvalue weighted by Gasteiger charge is -2.34. The fourth-order valence-electron chi connectivity index (χ4n) is 4.20. The van der Waals surface area contributed by atoms with Gasteiger partial charge in [-0.25, -0.2) is 4.39 Å². The summed E-state index contributed by atoms with van der Waals surface area (Å²) in [5.74, 6) is -1.46. The van der Waals surface area contributed by atoms with Crippen LogP contribution in [0.1, 0.15) is 33.1 Å². The van der Waals surface area contributed by atoms with Crippen molar-refractivity contribution in [2.24, 2.45) is 10.8 Å². The monoisotopic (exact) mass is 481 g/mol. The van der Waals surface area contributed by atoms with Crippen LogP contribution < -0.4 is 25.7 Å². The molecule has 0 saturated heterocycles. The van der Waals surface area contributed by atoms with Crippen LogP contribution in [0.2, 0.25) is 0 Å². The minimum absolute atomic E-state index is 0.00669. The van der Waals surface area contributed by atoms with E-state index in [1.165, 1.54) is 34.2 Å². The van der Waals surface area contributed by atoms with Crippen molar-refractivity contribution in [1.29, 1.82) is 0 Å². The van der Waals surface area contributed by atoms with Crippen LogP contribution in [-0.4, -0.2) is 48.2 Å². The molecule has 0 spiro atoms. The number of carbonyl (C=O) groups is 3. The van der Waals surface area contributed by atoms with Gasteiger partial charge < -0.3 is 15.8 Å². The second-order valence-corrected chi connectivity index (χ2v) is 8.50. The molecule has 0 saturated carbocycles. The molecule has 2 heterocycles. The fraction of sp³-hybridized carbons (Fsp3) is 0.360. The smallest absolute Gasteiger partial charge is 0.274 e. The molecule has 2 aromatic carbocycles. The maximum Gasteiger partial charge on any atom is 0.274 e. The highest BCUT2D eigenvalue weighted by Gasteiger charge is 2.40. The van der Waals surface area contributed by atoms with Crippen molar-refractivity contribution >= 4 is 34.8 Å². The van der Waals surface area contributed by atoms with Crippen LogP contribution >= 0.6 is 0 Å². The van der Waals surface area contributed by atoms with Crippen LogP contribution in [0, 0.1) is 5.82 Å². The van der Waals surface area contributed by atoms with E-state index in [1.54, 1.807) is 24.3 Å². The van der Waals surface area contributed by atoms with E-state index in [-0.39, 0.29) is 30.6 Å². The van der Waals surface area contributed by atoms with Gasteiger partial charge in [-0.1, -0.05) is 26.0 Å². The Labute approximate surface area is 202 Å². The molecule has 3 N–H and O–H groups in total. The quantitative estimate of drug-likeness (QED) is 0.630. The van der Waals surface area contributed by atoms with E-state index in [9.17, 15) is 18.8 Å². The second kappa shape index (κ2) is 10.1. The maximum atomic E-state index is 13.6. The number of nitrogens with one attached hydrogen (secondary N) is 1. The molecule has 0 radical (unpaired) electrons. The third-order valence-corrected chi connectivity index (χ3v) is 6.22. The normalized spacial score (nSPS) is 19.1. The van der Waals surface area contributed by atoms with Crippen LogP contribution in [0.3, 0.4) is 0 Å². The van der Waals surface area contributed by atoms with Crippen molar-refractivity contribution in [3.05, 3.63) is 54.3 Å². The Hall–Kier alpha value is -3.95. The number of carbonyl (C=O) groups excluding carboxylic acids is 3. The van der Waals surface area contributed by atoms with Gasteiger partial charge in [-0.2, -0.15) is 5.10 Å². The van der Waals surface area contributed by atoms with Crippen molar-refractivity contribution in [1.82, 2.24) is 5.32 Å². The number of ether oxygens (including phenoxy) is 1. The Morgan fingerprint density at radius 1 is 1.14 bits per heavy atom. The molecular weight excluding hydrogens is 453 g/mol. The molecule has 2 aromatic rings. The molecule has 2 unspecified atom stereocenters. The molecule has 2 atom stereocenters. The number of halogens is 1. The number of fused-ring (bicyclic) bond motifs is 1. The van der Waals surface area contributed by atoms with Crippen LogP contribution in [-0.2, 0) is 14.4 Å². The van der Waals surface area contributed by atoms with Gasteiger partial charge in [0.1, 0.15) is 23.3 Å². The summed E-state index contributed by atoms with van der Waals surface area (Å²) >= 11 is 0. The summed E-state index contributed by atoms with van der Waals surface area (Å²) in [5.41, 5.74) is 6.62. The number of primary amides is 1. The van der Waals surface area contributed by atoms with Gasteiger partial charge in [-0.3, -0.25) is 24.3 Å². The van der Waals surface area contributed by atoms with E-state index in [0.29, 0.717) is 17.1 Å². The third kappa shape index (κ3) is 4.96. The van der Waals surface area contributed by atoms with E-state index < -0.39 is 29.8 Å². The van der Waals surface area contributed by atoms with Crippen LogP contribution in [0.25, 0.3) is 0 Å². The first-order valence-electron chi connectivity index (χ1n) is 11.6. The van der Waals surface area contributed by atoms with Crippen LogP contribution in [0.15, 0.2) is 53.6 Å². The van der Waals surface area contributed by atoms with Gasteiger partial charge in [0.05, 0.1) is 17.9 Å². The first kappa shape index (κ1) is 24.2. The topological polar surface area (TPSA) is 117 Å². The van der Waals surface area contributed by atoms with E-state index in [0.717, 1.165) is 12.8 Å².